The fourth-order valence-corrected chi connectivity index (χ4v) is 2.10. The first-order chi connectivity index (χ1) is 5.52. The summed E-state index contributed by atoms with van der Waals surface area (Å²) in [5.41, 5.74) is 0. The van der Waals surface area contributed by atoms with E-state index >= 15 is 0 Å². The third kappa shape index (κ3) is 1.65. The molecule has 3 atom stereocenters. The summed E-state index contributed by atoms with van der Waals surface area (Å²) in [6, 6.07) is 0. The third-order valence-electron chi connectivity index (χ3n) is 2.61. The van der Waals surface area contributed by atoms with Gasteiger partial charge in [0.2, 0.25) is 0 Å². The monoisotopic (exact) mass is 170 g/mol. The van der Waals surface area contributed by atoms with E-state index in [4.69, 9.17) is 5.11 Å². The molecule has 1 saturated carbocycles. The molecule has 68 valence electrons. The highest BCUT2D eigenvalue weighted by molar-refractivity contribution is 5.83. The van der Waals surface area contributed by atoms with Crippen LogP contribution in [0.15, 0.2) is 0 Å². The Morgan fingerprint density at radius 2 is 1.75 bits per heavy atom. The summed E-state index contributed by atoms with van der Waals surface area (Å²) in [5.74, 6) is -0.893. The summed E-state index contributed by atoms with van der Waals surface area (Å²) in [5, 5.41) is 8.85. The number of carbonyl (C=O) groups is 2. The lowest BCUT2D eigenvalue weighted by Crippen LogP contribution is -2.35. The third-order valence-corrected chi connectivity index (χ3v) is 2.61. The fourth-order valence-electron chi connectivity index (χ4n) is 2.10. The smallest absolute Gasteiger partial charge is 0.307 e. The van der Waals surface area contributed by atoms with E-state index < -0.39 is 5.97 Å². The number of aliphatic carboxylic acids is 1. The van der Waals surface area contributed by atoms with Crippen molar-refractivity contribution in [3.63, 3.8) is 0 Å². The van der Waals surface area contributed by atoms with Gasteiger partial charge in [-0.1, -0.05) is 13.8 Å². The maximum absolute atomic E-state index is 11.1. The van der Waals surface area contributed by atoms with Crippen molar-refractivity contribution < 1.29 is 14.7 Å². The van der Waals surface area contributed by atoms with Crippen molar-refractivity contribution in [1.29, 1.82) is 0 Å². The summed E-state index contributed by atoms with van der Waals surface area (Å²) in [6.07, 6.45) is 0.864. The number of rotatable bonds is 1. The SMILES string of the molecule is C[C@@H]1CC(=O)C[C@H](C)C1C(=O)O. The second kappa shape index (κ2) is 3.25. The quantitative estimate of drug-likeness (QED) is 0.645. The van der Waals surface area contributed by atoms with Crippen molar-refractivity contribution in [1.82, 2.24) is 0 Å². The largest absolute Gasteiger partial charge is 0.481 e. The molecule has 0 bridgehead atoms. The number of carboxylic acids is 1. The highest BCUT2D eigenvalue weighted by atomic mass is 16.4. The maximum Gasteiger partial charge on any atom is 0.307 e. The van der Waals surface area contributed by atoms with Gasteiger partial charge in [-0.05, 0) is 11.8 Å². The van der Waals surface area contributed by atoms with Crippen LogP contribution in [0.2, 0.25) is 0 Å². The number of carboxylic acid groups (broad SMARTS) is 1. The highest BCUT2D eigenvalue weighted by Gasteiger charge is 2.36. The zero-order chi connectivity index (χ0) is 9.30. The van der Waals surface area contributed by atoms with E-state index in [2.05, 4.69) is 0 Å². The van der Waals surface area contributed by atoms with E-state index in [-0.39, 0.29) is 23.5 Å². The molecule has 0 saturated heterocycles. The molecule has 1 fully saturated rings. The molecule has 1 unspecified atom stereocenters. The molecule has 1 aliphatic carbocycles. The molecule has 1 rings (SSSR count). The summed E-state index contributed by atoms with van der Waals surface area (Å²) >= 11 is 0. The predicted molar refractivity (Wildman–Crippen MR) is 43.7 cm³/mol. The molecular weight excluding hydrogens is 156 g/mol. The molecule has 1 aliphatic rings. The molecule has 0 radical (unpaired) electrons. The molecule has 0 spiro atoms. The molecule has 0 aromatic heterocycles. The Morgan fingerprint density at radius 1 is 1.33 bits per heavy atom. The Labute approximate surface area is 71.8 Å². The lowest BCUT2D eigenvalue weighted by molar-refractivity contribution is -0.148. The fraction of sp³-hybridized carbons (Fsp3) is 0.778. The normalized spacial score (nSPS) is 36.5. The Bertz CT molecular complexity index is 196. The number of carbonyl (C=O) groups excluding carboxylic acids is 1. The lowest BCUT2D eigenvalue weighted by Gasteiger charge is -2.30. The average Bonchev–Trinajstić information content (AvgIpc) is 1.82. The standard InChI is InChI=1S/C9H14O3/c1-5-3-7(10)4-6(2)8(5)9(11)12/h5-6,8H,3-4H2,1-2H3,(H,11,12)/t5-,6+,8?. The van der Waals surface area contributed by atoms with E-state index in [1.54, 1.807) is 0 Å². The van der Waals surface area contributed by atoms with Crippen LogP contribution < -0.4 is 0 Å². The van der Waals surface area contributed by atoms with Gasteiger partial charge in [-0.3, -0.25) is 9.59 Å². The van der Waals surface area contributed by atoms with Crippen LogP contribution in [0.5, 0.6) is 0 Å². The van der Waals surface area contributed by atoms with Crippen molar-refractivity contribution in [2.24, 2.45) is 17.8 Å². The van der Waals surface area contributed by atoms with Gasteiger partial charge < -0.3 is 5.11 Å². The van der Waals surface area contributed by atoms with E-state index in [1.807, 2.05) is 13.8 Å². The number of hydrogen-bond donors (Lipinski definition) is 1. The van der Waals surface area contributed by atoms with E-state index in [0.29, 0.717) is 12.8 Å². The minimum absolute atomic E-state index is 0.00116. The summed E-state index contributed by atoms with van der Waals surface area (Å²) < 4.78 is 0. The summed E-state index contributed by atoms with van der Waals surface area (Å²) in [4.78, 5) is 21.8. The molecule has 1 N–H and O–H groups in total. The molecule has 3 nitrogen and oxygen atoms in total. The topological polar surface area (TPSA) is 54.4 Å². The minimum Gasteiger partial charge on any atom is -0.481 e. The zero-order valence-electron chi connectivity index (χ0n) is 7.41. The predicted octanol–water partition coefficient (Wildman–Crippen LogP) is 1.32. The van der Waals surface area contributed by atoms with Crippen LogP contribution in [0.4, 0.5) is 0 Å². The van der Waals surface area contributed by atoms with Gasteiger partial charge in [0.05, 0.1) is 5.92 Å². The van der Waals surface area contributed by atoms with Gasteiger partial charge in [-0.2, -0.15) is 0 Å². The number of hydrogen-bond acceptors (Lipinski definition) is 2. The van der Waals surface area contributed by atoms with Crippen molar-refractivity contribution in [3.05, 3.63) is 0 Å². The van der Waals surface area contributed by atoms with Crippen LogP contribution in [0.1, 0.15) is 26.7 Å². The molecule has 12 heavy (non-hydrogen) atoms. The molecular formula is C9H14O3. The van der Waals surface area contributed by atoms with Crippen LogP contribution in [0.25, 0.3) is 0 Å². The van der Waals surface area contributed by atoms with Gasteiger partial charge in [0.1, 0.15) is 5.78 Å². The van der Waals surface area contributed by atoms with Gasteiger partial charge in [0, 0.05) is 12.8 Å². The zero-order valence-corrected chi connectivity index (χ0v) is 7.41. The molecule has 0 heterocycles. The van der Waals surface area contributed by atoms with Gasteiger partial charge >= 0.3 is 5.97 Å². The first kappa shape index (κ1) is 9.23. The first-order valence-electron chi connectivity index (χ1n) is 4.27. The Balaban J connectivity index is 2.73. The van der Waals surface area contributed by atoms with Crippen LogP contribution in [-0.2, 0) is 9.59 Å². The van der Waals surface area contributed by atoms with Crippen molar-refractivity contribution >= 4 is 11.8 Å². The van der Waals surface area contributed by atoms with Gasteiger partial charge in [-0.25, -0.2) is 0 Å². The van der Waals surface area contributed by atoms with Gasteiger partial charge in [0.15, 0.2) is 0 Å². The maximum atomic E-state index is 11.1. The van der Waals surface area contributed by atoms with Crippen LogP contribution in [-0.4, -0.2) is 16.9 Å². The van der Waals surface area contributed by atoms with E-state index in [1.165, 1.54) is 0 Å². The summed E-state index contributed by atoms with van der Waals surface area (Å²) in [7, 11) is 0. The lowest BCUT2D eigenvalue weighted by atomic mass is 9.73. The second-order valence-corrected chi connectivity index (χ2v) is 3.77. The van der Waals surface area contributed by atoms with Gasteiger partial charge in [-0.15, -0.1) is 0 Å². The molecule has 0 aliphatic heterocycles. The van der Waals surface area contributed by atoms with Crippen molar-refractivity contribution in [2.45, 2.75) is 26.7 Å². The number of ketones is 1. The van der Waals surface area contributed by atoms with E-state index in [9.17, 15) is 9.59 Å². The Kier molecular flexibility index (Phi) is 2.50. The Morgan fingerprint density at radius 3 is 2.08 bits per heavy atom. The van der Waals surface area contributed by atoms with Crippen LogP contribution in [0, 0.1) is 17.8 Å². The van der Waals surface area contributed by atoms with Crippen LogP contribution >= 0.6 is 0 Å². The van der Waals surface area contributed by atoms with Crippen LogP contribution in [0.3, 0.4) is 0 Å². The average molecular weight is 170 g/mol. The first-order valence-corrected chi connectivity index (χ1v) is 4.27. The minimum atomic E-state index is -0.762. The van der Waals surface area contributed by atoms with Crippen molar-refractivity contribution in [2.75, 3.05) is 0 Å². The number of Topliss-reactive ketones (excluding diaryl/α,β-unsaturated/α-hetero) is 1. The van der Waals surface area contributed by atoms with Gasteiger partial charge in [0.25, 0.3) is 0 Å². The van der Waals surface area contributed by atoms with Crippen molar-refractivity contribution in [3.8, 4) is 0 Å². The molecule has 0 aromatic rings. The molecule has 0 aromatic carbocycles. The summed E-state index contributed by atoms with van der Waals surface area (Å²) in [6.45, 7) is 3.68. The highest BCUT2D eigenvalue weighted by Crippen LogP contribution is 2.32. The Hall–Kier alpha value is -0.860. The second-order valence-electron chi connectivity index (χ2n) is 3.77. The van der Waals surface area contributed by atoms with E-state index in [0.717, 1.165) is 0 Å². The molecule has 0 amide bonds. The molecule has 3 heteroatoms.